The van der Waals surface area contributed by atoms with Gasteiger partial charge in [-0.25, -0.2) is 9.97 Å². The first-order valence-electron chi connectivity index (χ1n) is 9.26. The van der Waals surface area contributed by atoms with Crippen LogP contribution in [0.4, 0.5) is 17.6 Å². The van der Waals surface area contributed by atoms with Gasteiger partial charge in [-0.3, -0.25) is 4.98 Å². The molecule has 31 heavy (non-hydrogen) atoms. The molecule has 0 bridgehead atoms. The Balaban J connectivity index is 1.70. The van der Waals surface area contributed by atoms with E-state index in [1.165, 1.54) is 29.7 Å². The summed E-state index contributed by atoms with van der Waals surface area (Å²) in [6.45, 7) is 0.114. The molecular formula is C21H17F4N5S. The number of fused-ring (bicyclic) bond motifs is 1. The largest absolute Gasteiger partial charge is 0.433 e. The minimum atomic E-state index is -4.52. The van der Waals surface area contributed by atoms with Gasteiger partial charge in [0.25, 0.3) is 0 Å². The van der Waals surface area contributed by atoms with Crippen molar-refractivity contribution in [3.8, 4) is 10.4 Å². The normalized spacial score (nSPS) is 14.0. The number of thiazole rings is 1. The summed E-state index contributed by atoms with van der Waals surface area (Å²) in [4.78, 5) is 12.4. The lowest BCUT2D eigenvalue weighted by Gasteiger charge is -2.21. The van der Waals surface area contributed by atoms with E-state index in [0.29, 0.717) is 16.0 Å². The van der Waals surface area contributed by atoms with Gasteiger partial charge in [-0.05, 0) is 28.6 Å². The summed E-state index contributed by atoms with van der Waals surface area (Å²) < 4.78 is 52.0. The molecule has 0 amide bonds. The molecule has 0 radical (unpaired) electrons. The van der Waals surface area contributed by atoms with Crippen molar-refractivity contribution in [3.63, 3.8) is 0 Å². The fraction of sp³-hybridized carbons (Fsp3) is 0.190. The number of nitrogens with zero attached hydrogens (tertiary/aromatic N) is 3. The van der Waals surface area contributed by atoms with Gasteiger partial charge in [0, 0.05) is 42.6 Å². The second-order valence-electron chi connectivity index (χ2n) is 6.98. The number of aromatic nitrogens is 3. The summed E-state index contributed by atoms with van der Waals surface area (Å²) >= 11 is 1.35. The number of benzene rings is 1. The Hall–Kier alpha value is -2.95. The van der Waals surface area contributed by atoms with Crippen LogP contribution in [-0.4, -0.2) is 27.5 Å². The highest BCUT2D eigenvalue weighted by Gasteiger charge is 2.33. The van der Waals surface area contributed by atoms with Gasteiger partial charge in [-0.1, -0.05) is 18.2 Å². The molecule has 0 aliphatic carbocycles. The number of nitrogens with two attached hydrogens (primary N) is 2. The van der Waals surface area contributed by atoms with E-state index < -0.39 is 29.8 Å². The van der Waals surface area contributed by atoms with E-state index in [1.54, 1.807) is 6.20 Å². The highest BCUT2D eigenvalue weighted by atomic mass is 32.1. The third-order valence-corrected chi connectivity index (χ3v) is 6.03. The van der Waals surface area contributed by atoms with Crippen molar-refractivity contribution >= 4 is 22.1 Å². The lowest BCUT2D eigenvalue weighted by molar-refractivity contribution is -0.141. The van der Waals surface area contributed by atoms with Crippen molar-refractivity contribution in [1.82, 2.24) is 15.0 Å². The zero-order chi connectivity index (χ0) is 22.2. The number of rotatable bonds is 5. The molecular weight excluding hydrogens is 430 g/mol. The molecule has 160 valence electrons. The molecule has 0 aliphatic heterocycles. The van der Waals surface area contributed by atoms with Crippen LogP contribution >= 0.6 is 11.3 Å². The molecule has 1 aromatic carbocycles. The van der Waals surface area contributed by atoms with Crippen LogP contribution < -0.4 is 11.5 Å². The van der Waals surface area contributed by atoms with Gasteiger partial charge >= 0.3 is 6.18 Å². The minimum Gasteiger partial charge on any atom is -0.329 e. The quantitative estimate of drug-likeness (QED) is 0.351. The van der Waals surface area contributed by atoms with Crippen LogP contribution in [0, 0.1) is 5.95 Å². The van der Waals surface area contributed by atoms with Crippen LogP contribution in [0.5, 0.6) is 0 Å². The maximum Gasteiger partial charge on any atom is 0.433 e. The molecule has 4 aromatic rings. The van der Waals surface area contributed by atoms with Gasteiger partial charge in [0.2, 0.25) is 5.95 Å². The van der Waals surface area contributed by atoms with Crippen molar-refractivity contribution in [2.24, 2.45) is 11.5 Å². The van der Waals surface area contributed by atoms with E-state index in [0.717, 1.165) is 28.1 Å². The number of halogens is 4. The van der Waals surface area contributed by atoms with Gasteiger partial charge in [0.1, 0.15) is 10.7 Å². The first-order valence-corrected chi connectivity index (χ1v) is 10.1. The average Bonchev–Trinajstić information content (AvgIpc) is 3.22. The summed E-state index contributed by atoms with van der Waals surface area (Å²) in [5.41, 5.74) is 12.3. The van der Waals surface area contributed by atoms with Crippen molar-refractivity contribution in [3.05, 3.63) is 77.2 Å². The molecule has 2 unspecified atom stereocenters. The third-order valence-electron chi connectivity index (χ3n) is 4.90. The summed E-state index contributed by atoms with van der Waals surface area (Å²) in [6.07, 6.45) is -0.244. The SMILES string of the molecule is NCC(N)C(c1ccc(C(F)(F)F)nc1)c1ncc(-c2ccc3cnc(F)cc3c2)s1. The fourth-order valence-corrected chi connectivity index (χ4v) is 4.42. The molecule has 0 fully saturated rings. The topological polar surface area (TPSA) is 90.7 Å². The second-order valence-corrected chi connectivity index (χ2v) is 8.05. The Labute approximate surface area is 178 Å². The maximum atomic E-state index is 13.5. The molecule has 4 rings (SSSR count). The Bertz CT molecular complexity index is 1210. The van der Waals surface area contributed by atoms with Crippen molar-refractivity contribution < 1.29 is 17.6 Å². The third kappa shape index (κ3) is 4.41. The standard InChI is InChI=1S/C21H17F4N5S/c22-18-6-14-5-11(1-2-12(14)8-29-18)16-10-30-20(31-16)19(15(27)7-26)13-3-4-17(28-9-13)21(23,24)25/h1-6,8-10,15,19H,7,26-27H2. The van der Waals surface area contributed by atoms with E-state index in [2.05, 4.69) is 15.0 Å². The average molecular weight is 447 g/mol. The molecule has 0 aliphatic rings. The molecule has 3 aromatic heterocycles. The molecule has 3 heterocycles. The molecule has 5 nitrogen and oxygen atoms in total. The van der Waals surface area contributed by atoms with E-state index in [4.69, 9.17) is 11.5 Å². The van der Waals surface area contributed by atoms with Gasteiger partial charge in [0.15, 0.2) is 0 Å². The number of alkyl halides is 3. The van der Waals surface area contributed by atoms with Crippen LogP contribution in [0.3, 0.4) is 0 Å². The van der Waals surface area contributed by atoms with Gasteiger partial charge in [-0.15, -0.1) is 11.3 Å². The molecule has 0 spiro atoms. The van der Waals surface area contributed by atoms with Crippen LogP contribution in [0.2, 0.25) is 0 Å². The zero-order valence-electron chi connectivity index (χ0n) is 16.0. The van der Waals surface area contributed by atoms with Crippen LogP contribution in [0.15, 0.2) is 55.0 Å². The Morgan fingerprint density at radius 1 is 0.935 bits per heavy atom. The molecule has 4 N–H and O–H groups in total. The van der Waals surface area contributed by atoms with Crippen LogP contribution in [0.1, 0.15) is 22.2 Å². The highest BCUT2D eigenvalue weighted by molar-refractivity contribution is 7.15. The number of hydrogen-bond donors (Lipinski definition) is 2. The van der Waals surface area contributed by atoms with Gasteiger partial charge in [0.05, 0.1) is 10.8 Å². The van der Waals surface area contributed by atoms with Crippen molar-refractivity contribution in [2.45, 2.75) is 18.1 Å². The van der Waals surface area contributed by atoms with Crippen molar-refractivity contribution in [1.29, 1.82) is 0 Å². The predicted octanol–water partition coefficient (Wildman–Crippen LogP) is 4.33. The van der Waals surface area contributed by atoms with E-state index in [9.17, 15) is 17.6 Å². The predicted molar refractivity (Wildman–Crippen MR) is 111 cm³/mol. The fourth-order valence-electron chi connectivity index (χ4n) is 3.30. The van der Waals surface area contributed by atoms with E-state index in [-0.39, 0.29) is 6.54 Å². The lowest BCUT2D eigenvalue weighted by atomic mass is 9.93. The smallest absolute Gasteiger partial charge is 0.329 e. The van der Waals surface area contributed by atoms with Crippen molar-refractivity contribution in [2.75, 3.05) is 6.54 Å². The summed E-state index contributed by atoms with van der Waals surface area (Å²) in [5.74, 6) is -1.08. The van der Waals surface area contributed by atoms with E-state index >= 15 is 0 Å². The number of pyridine rings is 2. The minimum absolute atomic E-state index is 0.114. The molecule has 10 heteroatoms. The van der Waals surface area contributed by atoms with Gasteiger partial charge in [-0.2, -0.15) is 17.6 Å². The molecule has 2 atom stereocenters. The summed E-state index contributed by atoms with van der Waals surface area (Å²) in [6, 6.07) is 8.59. The first-order chi connectivity index (χ1) is 14.8. The molecule has 0 saturated carbocycles. The summed E-state index contributed by atoms with van der Waals surface area (Å²) in [7, 11) is 0. The summed E-state index contributed by atoms with van der Waals surface area (Å²) in [5, 5.41) is 2.10. The first kappa shape index (κ1) is 21.3. The maximum absolute atomic E-state index is 13.5. The van der Waals surface area contributed by atoms with Crippen LogP contribution in [-0.2, 0) is 6.18 Å². The van der Waals surface area contributed by atoms with E-state index in [1.807, 2.05) is 18.2 Å². The Morgan fingerprint density at radius 3 is 2.42 bits per heavy atom. The highest BCUT2D eigenvalue weighted by Crippen LogP contribution is 2.36. The Kier molecular flexibility index (Phi) is 5.69. The lowest BCUT2D eigenvalue weighted by Crippen LogP contribution is -2.36. The second kappa shape index (κ2) is 8.29. The zero-order valence-corrected chi connectivity index (χ0v) is 16.8. The Morgan fingerprint density at radius 2 is 1.74 bits per heavy atom. The number of hydrogen-bond acceptors (Lipinski definition) is 6. The van der Waals surface area contributed by atoms with Crippen LogP contribution in [0.25, 0.3) is 21.2 Å². The monoisotopic (exact) mass is 447 g/mol. The molecule has 0 saturated heterocycles. The van der Waals surface area contributed by atoms with Gasteiger partial charge < -0.3 is 11.5 Å².